The molecular formula is C9H14N2O2. The van der Waals surface area contributed by atoms with Gasteiger partial charge in [-0.2, -0.15) is 0 Å². The zero-order chi connectivity index (χ0) is 9.68. The number of aliphatic hydroxyl groups is 1. The summed E-state index contributed by atoms with van der Waals surface area (Å²) in [6.45, 7) is 0.102. The Kier molecular flexibility index (Phi) is 3.54. The van der Waals surface area contributed by atoms with Gasteiger partial charge in [0.25, 0.3) is 0 Å². The second kappa shape index (κ2) is 4.69. The van der Waals surface area contributed by atoms with Crippen LogP contribution in [-0.2, 0) is 6.42 Å². The average Bonchev–Trinajstić information content (AvgIpc) is 2.18. The van der Waals surface area contributed by atoms with Gasteiger partial charge in [0.05, 0.1) is 7.11 Å². The van der Waals surface area contributed by atoms with Crippen molar-refractivity contribution >= 4 is 5.69 Å². The highest BCUT2D eigenvalue weighted by molar-refractivity contribution is 5.50. The van der Waals surface area contributed by atoms with Crippen LogP contribution in [0.2, 0.25) is 0 Å². The summed E-state index contributed by atoms with van der Waals surface area (Å²) in [5.41, 5.74) is 4.29. The number of nitrogen functional groups attached to an aromatic ring is 1. The lowest BCUT2D eigenvalue weighted by atomic mass is 10.1. The third-order valence-electron chi connectivity index (χ3n) is 1.83. The van der Waals surface area contributed by atoms with Gasteiger partial charge in [0.15, 0.2) is 0 Å². The Morgan fingerprint density at radius 3 is 2.85 bits per heavy atom. The number of rotatable bonds is 4. The molecule has 0 bridgehead atoms. The van der Waals surface area contributed by atoms with E-state index in [1.165, 1.54) is 0 Å². The molecule has 0 spiro atoms. The smallest absolute Gasteiger partial charge is 0.122 e. The molecule has 1 rings (SSSR count). The van der Waals surface area contributed by atoms with Crippen molar-refractivity contribution in [3.05, 3.63) is 23.8 Å². The lowest BCUT2D eigenvalue weighted by Gasteiger charge is -2.09. The van der Waals surface area contributed by atoms with Crippen LogP contribution in [0.15, 0.2) is 18.2 Å². The van der Waals surface area contributed by atoms with Crippen LogP contribution in [0.25, 0.3) is 0 Å². The fraction of sp³-hybridized carbons (Fsp3) is 0.333. The Labute approximate surface area is 77.3 Å². The standard InChI is InChI=1S/C9H14N2O2/c1-13-9-3-2-8(11-10)6-7(9)4-5-12/h2-3,6,11-12H,4-5,10H2,1H3. The lowest BCUT2D eigenvalue weighted by Crippen LogP contribution is -2.07. The van der Waals surface area contributed by atoms with Gasteiger partial charge >= 0.3 is 0 Å². The van der Waals surface area contributed by atoms with Gasteiger partial charge in [-0.05, 0) is 30.2 Å². The predicted molar refractivity (Wildman–Crippen MR) is 51.6 cm³/mol. The minimum atomic E-state index is 0.102. The molecule has 0 aromatic heterocycles. The normalized spacial score (nSPS) is 9.77. The van der Waals surface area contributed by atoms with Gasteiger partial charge in [0.1, 0.15) is 5.75 Å². The Bertz CT molecular complexity index is 276. The second-order valence-electron chi connectivity index (χ2n) is 2.64. The number of hydrogen-bond acceptors (Lipinski definition) is 4. The van der Waals surface area contributed by atoms with E-state index in [0.717, 1.165) is 17.0 Å². The number of hydrogen-bond donors (Lipinski definition) is 3. The highest BCUT2D eigenvalue weighted by Crippen LogP contribution is 2.22. The van der Waals surface area contributed by atoms with E-state index in [9.17, 15) is 0 Å². The minimum Gasteiger partial charge on any atom is -0.496 e. The highest BCUT2D eigenvalue weighted by Gasteiger charge is 2.02. The zero-order valence-corrected chi connectivity index (χ0v) is 7.58. The average molecular weight is 182 g/mol. The molecule has 0 aliphatic carbocycles. The molecule has 13 heavy (non-hydrogen) atoms. The van der Waals surface area contributed by atoms with E-state index in [1.54, 1.807) is 7.11 Å². The molecule has 1 aromatic carbocycles. The maximum Gasteiger partial charge on any atom is 0.122 e. The van der Waals surface area contributed by atoms with Crippen molar-refractivity contribution in [2.24, 2.45) is 5.84 Å². The van der Waals surface area contributed by atoms with E-state index >= 15 is 0 Å². The van der Waals surface area contributed by atoms with Crippen LogP contribution in [0, 0.1) is 0 Å². The largest absolute Gasteiger partial charge is 0.496 e. The van der Waals surface area contributed by atoms with Gasteiger partial charge in [0, 0.05) is 12.3 Å². The summed E-state index contributed by atoms with van der Waals surface area (Å²) in [5, 5.41) is 8.80. The molecule has 0 radical (unpaired) electrons. The first kappa shape index (κ1) is 9.83. The number of anilines is 1. The molecule has 0 amide bonds. The van der Waals surface area contributed by atoms with E-state index in [0.29, 0.717) is 6.42 Å². The number of methoxy groups -OCH3 is 1. The summed E-state index contributed by atoms with van der Waals surface area (Å²) in [6.07, 6.45) is 0.568. The Morgan fingerprint density at radius 1 is 1.54 bits per heavy atom. The quantitative estimate of drug-likeness (QED) is 0.469. The van der Waals surface area contributed by atoms with Crippen molar-refractivity contribution in [2.75, 3.05) is 19.1 Å². The molecule has 0 aliphatic heterocycles. The molecule has 72 valence electrons. The SMILES string of the molecule is COc1ccc(NN)cc1CCO. The van der Waals surface area contributed by atoms with E-state index in [4.69, 9.17) is 15.7 Å². The van der Waals surface area contributed by atoms with E-state index in [-0.39, 0.29) is 6.61 Å². The van der Waals surface area contributed by atoms with Crippen molar-refractivity contribution < 1.29 is 9.84 Å². The fourth-order valence-corrected chi connectivity index (χ4v) is 1.18. The first-order valence-electron chi connectivity index (χ1n) is 4.06. The minimum absolute atomic E-state index is 0.102. The third-order valence-corrected chi connectivity index (χ3v) is 1.83. The summed E-state index contributed by atoms with van der Waals surface area (Å²) in [6, 6.07) is 5.49. The van der Waals surface area contributed by atoms with E-state index < -0.39 is 0 Å². The molecule has 4 heteroatoms. The Morgan fingerprint density at radius 2 is 2.31 bits per heavy atom. The maximum atomic E-state index is 8.80. The Hall–Kier alpha value is -1.26. The van der Waals surface area contributed by atoms with Crippen LogP contribution in [0.5, 0.6) is 5.75 Å². The molecule has 0 saturated heterocycles. The molecule has 0 fully saturated rings. The molecule has 4 N–H and O–H groups in total. The molecule has 0 saturated carbocycles. The summed E-state index contributed by atoms with van der Waals surface area (Å²) in [4.78, 5) is 0. The summed E-state index contributed by atoms with van der Waals surface area (Å²) < 4.78 is 5.12. The van der Waals surface area contributed by atoms with Gasteiger partial charge < -0.3 is 15.3 Å². The van der Waals surface area contributed by atoms with Crippen molar-refractivity contribution in [3.63, 3.8) is 0 Å². The third kappa shape index (κ3) is 2.34. The number of nitrogens with one attached hydrogen (secondary N) is 1. The highest BCUT2D eigenvalue weighted by atomic mass is 16.5. The topological polar surface area (TPSA) is 67.5 Å². The van der Waals surface area contributed by atoms with Gasteiger partial charge in [-0.15, -0.1) is 0 Å². The molecule has 1 aromatic rings. The molecule has 0 unspecified atom stereocenters. The zero-order valence-electron chi connectivity index (χ0n) is 7.58. The van der Waals surface area contributed by atoms with Gasteiger partial charge in [-0.1, -0.05) is 0 Å². The first-order valence-corrected chi connectivity index (χ1v) is 4.06. The maximum absolute atomic E-state index is 8.80. The lowest BCUT2D eigenvalue weighted by molar-refractivity contribution is 0.297. The van der Waals surface area contributed by atoms with Crippen LogP contribution in [0.4, 0.5) is 5.69 Å². The van der Waals surface area contributed by atoms with Crippen molar-refractivity contribution in [3.8, 4) is 5.75 Å². The van der Waals surface area contributed by atoms with Crippen molar-refractivity contribution in [1.82, 2.24) is 0 Å². The molecular weight excluding hydrogens is 168 g/mol. The Balaban J connectivity index is 2.95. The number of benzene rings is 1. The summed E-state index contributed by atoms with van der Waals surface area (Å²) in [5.74, 6) is 6.02. The molecule has 0 heterocycles. The fourth-order valence-electron chi connectivity index (χ4n) is 1.18. The number of hydrazine groups is 1. The molecule has 4 nitrogen and oxygen atoms in total. The van der Waals surface area contributed by atoms with Crippen LogP contribution < -0.4 is 16.0 Å². The van der Waals surface area contributed by atoms with Crippen molar-refractivity contribution in [2.45, 2.75) is 6.42 Å². The molecule has 0 aliphatic rings. The summed E-state index contributed by atoms with van der Waals surface area (Å²) >= 11 is 0. The first-order chi connectivity index (χ1) is 6.31. The van der Waals surface area contributed by atoms with E-state index in [1.807, 2.05) is 18.2 Å². The number of nitrogens with two attached hydrogens (primary N) is 1. The molecule has 0 atom stereocenters. The van der Waals surface area contributed by atoms with Gasteiger partial charge in [-0.3, -0.25) is 5.84 Å². The van der Waals surface area contributed by atoms with E-state index in [2.05, 4.69) is 5.43 Å². The monoisotopic (exact) mass is 182 g/mol. The van der Waals surface area contributed by atoms with Gasteiger partial charge in [-0.25, -0.2) is 0 Å². The van der Waals surface area contributed by atoms with Crippen LogP contribution >= 0.6 is 0 Å². The number of ether oxygens (including phenoxy) is 1. The van der Waals surface area contributed by atoms with Crippen LogP contribution in [0.3, 0.4) is 0 Å². The number of aliphatic hydroxyl groups excluding tert-OH is 1. The van der Waals surface area contributed by atoms with Crippen LogP contribution in [-0.4, -0.2) is 18.8 Å². The predicted octanol–water partition coefficient (Wildman–Crippen LogP) is 0.516. The van der Waals surface area contributed by atoms with Crippen LogP contribution in [0.1, 0.15) is 5.56 Å². The second-order valence-corrected chi connectivity index (χ2v) is 2.64. The summed E-state index contributed by atoms with van der Waals surface area (Å²) in [7, 11) is 1.60. The van der Waals surface area contributed by atoms with Crippen molar-refractivity contribution in [1.29, 1.82) is 0 Å². The van der Waals surface area contributed by atoms with Gasteiger partial charge in [0.2, 0.25) is 0 Å².